The smallest absolute Gasteiger partial charge is 0.220 e. The number of nitrogens with zero attached hydrogens (tertiary/aromatic N) is 1. The number of aromatic nitrogens is 2. The fourth-order valence-electron chi connectivity index (χ4n) is 2.46. The highest BCUT2D eigenvalue weighted by Gasteiger charge is 2.22. The third-order valence-corrected chi connectivity index (χ3v) is 3.78. The normalized spacial score (nSPS) is 23.3. The number of amides is 1. The molecular formula is C13H22N4O. The van der Waals surface area contributed by atoms with Crippen LogP contribution in [0.5, 0.6) is 0 Å². The summed E-state index contributed by atoms with van der Waals surface area (Å²) in [4.78, 5) is 11.8. The van der Waals surface area contributed by atoms with Crippen molar-refractivity contribution in [2.24, 2.45) is 5.73 Å². The number of nitrogens with one attached hydrogen (secondary N) is 2. The summed E-state index contributed by atoms with van der Waals surface area (Å²) in [5, 5.41) is 10.2. The molecule has 0 aliphatic heterocycles. The monoisotopic (exact) mass is 250 g/mol. The first-order chi connectivity index (χ1) is 8.56. The average Bonchev–Trinajstić information content (AvgIpc) is 2.86. The first-order valence-electron chi connectivity index (χ1n) is 6.61. The predicted molar refractivity (Wildman–Crippen MR) is 70.1 cm³/mol. The van der Waals surface area contributed by atoms with Crippen molar-refractivity contribution in [1.29, 1.82) is 0 Å². The van der Waals surface area contributed by atoms with Gasteiger partial charge < -0.3 is 11.1 Å². The predicted octanol–water partition coefficient (Wildman–Crippen LogP) is 0.955. The van der Waals surface area contributed by atoms with Crippen LogP contribution >= 0.6 is 0 Å². The van der Waals surface area contributed by atoms with E-state index in [2.05, 4.69) is 15.5 Å². The number of hydrogen-bond donors (Lipinski definition) is 3. The Labute approximate surface area is 108 Å². The van der Waals surface area contributed by atoms with Crippen LogP contribution in [0.15, 0.2) is 0 Å². The first kappa shape index (κ1) is 13.1. The van der Waals surface area contributed by atoms with Crippen molar-refractivity contribution in [3.63, 3.8) is 0 Å². The Morgan fingerprint density at radius 3 is 2.83 bits per heavy atom. The quantitative estimate of drug-likeness (QED) is 0.744. The Morgan fingerprint density at radius 1 is 1.50 bits per heavy atom. The largest absolute Gasteiger partial charge is 0.353 e. The molecule has 0 unspecified atom stereocenters. The van der Waals surface area contributed by atoms with E-state index >= 15 is 0 Å². The third kappa shape index (κ3) is 3.10. The van der Waals surface area contributed by atoms with Gasteiger partial charge in [0.1, 0.15) is 0 Å². The van der Waals surface area contributed by atoms with Crippen molar-refractivity contribution in [3.05, 3.63) is 17.0 Å². The summed E-state index contributed by atoms with van der Waals surface area (Å²) in [5.41, 5.74) is 9.05. The van der Waals surface area contributed by atoms with Crippen LogP contribution in [-0.4, -0.2) is 28.2 Å². The molecule has 2 rings (SSSR count). The van der Waals surface area contributed by atoms with E-state index in [1.807, 2.05) is 13.8 Å². The van der Waals surface area contributed by atoms with Crippen LogP contribution in [0.4, 0.5) is 0 Å². The van der Waals surface area contributed by atoms with Gasteiger partial charge in [-0.05, 0) is 38.7 Å². The van der Waals surface area contributed by atoms with Crippen LogP contribution in [0.2, 0.25) is 0 Å². The van der Waals surface area contributed by atoms with Crippen LogP contribution in [0, 0.1) is 13.8 Å². The molecule has 0 radical (unpaired) electrons. The number of rotatable bonds is 4. The van der Waals surface area contributed by atoms with Gasteiger partial charge in [0.15, 0.2) is 0 Å². The van der Waals surface area contributed by atoms with Crippen LogP contribution in [-0.2, 0) is 11.2 Å². The summed E-state index contributed by atoms with van der Waals surface area (Å²) in [6, 6.07) is 0.529. The lowest BCUT2D eigenvalue weighted by molar-refractivity contribution is -0.121. The molecule has 0 bridgehead atoms. The van der Waals surface area contributed by atoms with Crippen LogP contribution in [0.25, 0.3) is 0 Å². The van der Waals surface area contributed by atoms with E-state index < -0.39 is 0 Å². The maximum Gasteiger partial charge on any atom is 0.220 e. The SMILES string of the molecule is Cc1[nH]nc(CCC(=O)N[C@@H]2CC[C@@H](N)C2)c1C. The van der Waals surface area contributed by atoms with E-state index in [4.69, 9.17) is 5.73 Å². The maximum absolute atomic E-state index is 11.8. The summed E-state index contributed by atoms with van der Waals surface area (Å²) < 4.78 is 0. The maximum atomic E-state index is 11.8. The Kier molecular flexibility index (Phi) is 4.01. The van der Waals surface area contributed by atoms with Crippen molar-refractivity contribution in [2.45, 2.75) is 58.0 Å². The molecule has 0 spiro atoms. The topological polar surface area (TPSA) is 83.8 Å². The second-order valence-electron chi connectivity index (χ2n) is 5.26. The lowest BCUT2D eigenvalue weighted by Crippen LogP contribution is -2.34. The van der Waals surface area contributed by atoms with Crippen LogP contribution in [0.1, 0.15) is 42.6 Å². The van der Waals surface area contributed by atoms with E-state index in [-0.39, 0.29) is 18.0 Å². The fourth-order valence-corrected chi connectivity index (χ4v) is 2.46. The molecule has 1 aliphatic carbocycles. The molecule has 0 saturated heterocycles. The van der Waals surface area contributed by atoms with Gasteiger partial charge in [0.05, 0.1) is 5.69 Å². The molecule has 1 amide bonds. The summed E-state index contributed by atoms with van der Waals surface area (Å²) in [7, 11) is 0. The summed E-state index contributed by atoms with van der Waals surface area (Å²) in [6.07, 6.45) is 4.12. The third-order valence-electron chi connectivity index (χ3n) is 3.78. The zero-order valence-electron chi connectivity index (χ0n) is 11.1. The molecule has 1 saturated carbocycles. The molecular weight excluding hydrogens is 228 g/mol. The minimum Gasteiger partial charge on any atom is -0.353 e. The van der Waals surface area contributed by atoms with Crippen LogP contribution in [0.3, 0.4) is 0 Å². The van der Waals surface area contributed by atoms with Gasteiger partial charge in [0, 0.05) is 30.6 Å². The number of nitrogens with two attached hydrogens (primary N) is 1. The standard InChI is InChI=1S/C13H22N4O/c1-8-9(2)16-17-12(8)5-6-13(18)15-11-4-3-10(14)7-11/h10-11H,3-7,14H2,1-2H3,(H,15,18)(H,16,17)/t10-,11-/m1/s1. The molecule has 1 aromatic heterocycles. The van der Waals surface area contributed by atoms with E-state index in [0.717, 1.165) is 36.2 Å². The Bertz CT molecular complexity index is 427. The molecule has 2 atom stereocenters. The minimum absolute atomic E-state index is 0.106. The van der Waals surface area contributed by atoms with Gasteiger partial charge in [-0.2, -0.15) is 5.10 Å². The van der Waals surface area contributed by atoms with Crippen molar-refractivity contribution in [1.82, 2.24) is 15.5 Å². The highest BCUT2D eigenvalue weighted by atomic mass is 16.1. The molecule has 1 aromatic rings. The Hall–Kier alpha value is -1.36. The van der Waals surface area contributed by atoms with Gasteiger partial charge >= 0.3 is 0 Å². The number of hydrogen-bond acceptors (Lipinski definition) is 3. The van der Waals surface area contributed by atoms with E-state index in [0.29, 0.717) is 12.8 Å². The molecule has 0 aromatic carbocycles. The fraction of sp³-hybridized carbons (Fsp3) is 0.692. The van der Waals surface area contributed by atoms with Crippen LogP contribution < -0.4 is 11.1 Å². The van der Waals surface area contributed by atoms with Gasteiger partial charge in [-0.1, -0.05) is 0 Å². The van der Waals surface area contributed by atoms with Crippen molar-refractivity contribution in [2.75, 3.05) is 0 Å². The van der Waals surface area contributed by atoms with E-state index in [1.54, 1.807) is 0 Å². The second kappa shape index (κ2) is 5.52. The first-order valence-corrected chi connectivity index (χ1v) is 6.61. The van der Waals surface area contributed by atoms with Gasteiger partial charge in [-0.3, -0.25) is 9.89 Å². The summed E-state index contributed by atoms with van der Waals surface area (Å²) >= 11 is 0. The van der Waals surface area contributed by atoms with Crippen molar-refractivity contribution >= 4 is 5.91 Å². The van der Waals surface area contributed by atoms with Gasteiger partial charge in [0.2, 0.25) is 5.91 Å². The lowest BCUT2D eigenvalue weighted by Gasteiger charge is -2.11. The molecule has 1 fully saturated rings. The zero-order chi connectivity index (χ0) is 13.1. The number of carbonyl (C=O) groups excluding carboxylic acids is 1. The lowest BCUT2D eigenvalue weighted by atomic mass is 10.1. The molecule has 18 heavy (non-hydrogen) atoms. The average molecular weight is 250 g/mol. The Balaban J connectivity index is 1.76. The second-order valence-corrected chi connectivity index (χ2v) is 5.26. The van der Waals surface area contributed by atoms with E-state index in [1.165, 1.54) is 0 Å². The molecule has 1 heterocycles. The Morgan fingerprint density at radius 2 is 2.28 bits per heavy atom. The number of aryl methyl sites for hydroxylation is 2. The molecule has 4 N–H and O–H groups in total. The molecule has 100 valence electrons. The van der Waals surface area contributed by atoms with Gasteiger partial charge in [-0.25, -0.2) is 0 Å². The number of aromatic amines is 1. The summed E-state index contributed by atoms with van der Waals surface area (Å²) in [6.45, 7) is 4.02. The van der Waals surface area contributed by atoms with Crippen molar-refractivity contribution < 1.29 is 4.79 Å². The highest BCUT2D eigenvalue weighted by molar-refractivity contribution is 5.76. The van der Waals surface area contributed by atoms with Gasteiger partial charge in [0.25, 0.3) is 0 Å². The molecule has 5 heteroatoms. The number of H-pyrrole nitrogens is 1. The highest BCUT2D eigenvalue weighted by Crippen LogP contribution is 2.17. The zero-order valence-corrected chi connectivity index (χ0v) is 11.1. The van der Waals surface area contributed by atoms with E-state index in [9.17, 15) is 4.79 Å². The van der Waals surface area contributed by atoms with Gasteiger partial charge in [-0.15, -0.1) is 0 Å². The molecule has 5 nitrogen and oxygen atoms in total. The molecule has 1 aliphatic rings. The van der Waals surface area contributed by atoms with Crippen molar-refractivity contribution in [3.8, 4) is 0 Å². The minimum atomic E-state index is 0.106. The summed E-state index contributed by atoms with van der Waals surface area (Å²) in [5.74, 6) is 0.106. The number of carbonyl (C=O) groups is 1.